The van der Waals surface area contributed by atoms with Gasteiger partial charge in [-0.25, -0.2) is 4.98 Å². The van der Waals surface area contributed by atoms with Gasteiger partial charge in [-0.15, -0.1) is 0 Å². The molecule has 3 nitrogen and oxygen atoms in total. The summed E-state index contributed by atoms with van der Waals surface area (Å²) in [7, 11) is 0. The van der Waals surface area contributed by atoms with Gasteiger partial charge >= 0.3 is 0 Å². The highest BCUT2D eigenvalue weighted by molar-refractivity contribution is 5.29. The Morgan fingerprint density at radius 1 is 1.25 bits per heavy atom. The molecule has 0 saturated heterocycles. The Morgan fingerprint density at radius 3 is 2.94 bits per heavy atom. The van der Waals surface area contributed by atoms with Gasteiger partial charge < -0.3 is 4.98 Å². The molecule has 0 aliphatic carbocycles. The van der Waals surface area contributed by atoms with Gasteiger partial charge in [0.1, 0.15) is 5.82 Å². The first-order chi connectivity index (χ1) is 7.92. The highest BCUT2D eigenvalue weighted by Gasteiger charge is 2.15. The van der Waals surface area contributed by atoms with Gasteiger partial charge in [0.15, 0.2) is 0 Å². The topological polar surface area (TPSA) is 31.9 Å². The molecule has 3 rings (SSSR count). The third-order valence-electron chi connectivity index (χ3n) is 3.14. The lowest BCUT2D eigenvalue weighted by molar-refractivity contribution is 0.240. The van der Waals surface area contributed by atoms with E-state index in [-0.39, 0.29) is 0 Å². The first-order valence-electron chi connectivity index (χ1n) is 5.69. The van der Waals surface area contributed by atoms with E-state index < -0.39 is 0 Å². The predicted molar refractivity (Wildman–Crippen MR) is 62.8 cm³/mol. The molecule has 82 valence electrons. The summed E-state index contributed by atoms with van der Waals surface area (Å²) in [5.41, 5.74) is 2.96. The van der Waals surface area contributed by atoms with Gasteiger partial charge in [-0.1, -0.05) is 24.3 Å². The van der Waals surface area contributed by atoms with Gasteiger partial charge in [0.05, 0.1) is 6.54 Å². The molecule has 0 fully saturated rings. The minimum atomic E-state index is 0.918. The quantitative estimate of drug-likeness (QED) is 0.827. The molecule has 2 heterocycles. The van der Waals surface area contributed by atoms with Crippen LogP contribution in [0.15, 0.2) is 36.7 Å². The van der Waals surface area contributed by atoms with Crippen LogP contribution in [0.2, 0.25) is 0 Å². The molecule has 1 aliphatic heterocycles. The van der Waals surface area contributed by atoms with Crippen LogP contribution in [-0.2, 0) is 19.5 Å². The SMILES string of the molecule is c1ccc2c(c1)CCN(Cc1ncc[nH]1)C2. The first kappa shape index (κ1) is 9.60. The largest absolute Gasteiger partial charge is 0.348 e. The van der Waals surface area contributed by atoms with Crippen LogP contribution in [-0.4, -0.2) is 21.4 Å². The maximum Gasteiger partial charge on any atom is 0.120 e. The molecule has 16 heavy (non-hydrogen) atoms. The van der Waals surface area contributed by atoms with E-state index in [1.54, 1.807) is 0 Å². The van der Waals surface area contributed by atoms with Gasteiger partial charge in [0.2, 0.25) is 0 Å². The summed E-state index contributed by atoms with van der Waals surface area (Å²) in [6.45, 7) is 3.08. The Bertz CT molecular complexity index is 462. The van der Waals surface area contributed by atoms with Crippen molar-refractivity contribution < 1.29 is 0 Å². The average Bonchev–Trinajstić information content (AvgIpc) is 2.82. The van der Waals surface area contributed by atoms with Crippen LogP contribution < -0.4 is 0 Å². The Balaban J connectivity index is 1.73. The summed E-state index contributed by atoms with van der Waals surface area (Å²) in [6, 6.07) is 8.71. The molecule has 1 aliphatic rings. The van der Waals surface area contributed by atoms with Crippen molar-refractivity contribution >= 4 is 0 Å². The lowest BCUT2D eigenvalue weighted by atomic mass is 10.00. The van der Waals surface area contributed by atoms with Crippen LogP contribution in [0.5, 0.6) is 0 Å². The van der Waals surface area contributed by atoms with E-state index in [4.69, 9.17) is 0 Å². The number of hydrogen-bond donors (Lipinski definition) is 1. The molecule has 2 aromatic rings. The summed E-state index contributed by atoms with van der Waals surface area (Å²) in [5, 5.41) is 0. The second kappa shape index (κ2) is 4.10. The summed E-state index contributed by atoms with van der Waals surface area (Å²) in [6.07, 6.45) is 4.84. The molecule has 0 saturated carbocycles. The van der Waals surface area contributed by atoms with E-state index in [0.717, 1.165) is 31.9 Å². The fourth-order valence-electron chi connectivity index (χ4n) is 2.29. The second-order valence-electron chi connectivity index (χ2n) is 4.27. The zero-order valence-electron chi connectivity index (χ0n) is 9.19. The Hall–Kier alpha value is -1.61. The van der Waals surface area contributed by atoms with Crippen molar-refractivity contribution in [2.45, 2.75) is 19.5 Å². The molecule has 1 N–H and O–H groups in total. The molecular formula is C13H15N3. The molecular weight excluding hydrogens is 198 g/mol. The smallest absolute Gasteiger partial charge is 0.120 e. The fourth-order valence-corrected chi connectivity index (χ4v) is 2.29. The van der Waals surface area contributed by atoms with Crippen LogP contribution in [0.4, 0.5) is 0 Å². The number of aromatic nitrogens is 2. The molecule has 0 atom stereocenters. The van der Waals surface area contributed by atoms with Gasteiger partial charge in [-0.3, -0.25) is 4.90 Å². The highest BCUT2D eigenvalue weighted by Crippen LogP contribution is 2.19. The maximum atomic E-state index is 4.27. The number of imidazole rings is 1. The second-order valence-corrected chi connectivity index (χ2v) is 4.27. The molecule has 0 radical (unpaired) electrons. The van der Waals surface area contributed by atoms with Gasteiger partial charge in [0.25, 0.3) is 0 Å². The number of nitrogens with one attached hydrogen (secondary N) is 1. The van der Waals surface area contributed by atoms with E-state index in [1.807, 2.05) is 12.4 Å². The van der Waals surface area contributed by atoms with Gasteiger partial charge in [-0.2, -0.15) is 0 Å². The monoisotopic (exact) mass is 213 g/mol. The normalized spacial score (nSPS) is 16.0. The number of rotatable bonds is 2. The van der Waals surface area contributed by atoms with Crippen molar-refractivity contribution in [1.29, 1.82) is 0 Å². The lowest BCUT2D eigenvalue weighted by Crippen LogP contribution is -2.30. The van der Waals surface area contributed by atoms with E-state index in [9.17, 15) is 0 Å². The molecule has 0 spiro atoms. The zero-order chi connectivity index (χ0) is 10.8. The minimum Gasteiger partial charge on any atom is -0.348 e. The van der Waals surface area contributed by atoms with Crippen molar-refractivity contribution in [2.24, 2.45) is 0 Å². The summed E-state index contributed by atoms with van der Waals surface area (Å²) in [5.74, 6) is 1.05. The number of hydrogen-bond acceptors (Lipinski definition) is 2. The number of benzene rings is 1. The Morgan fingerprint density at radius 2 is 2.12 bits per heavy atom. The molecule has 1 aromatic heterocycles. The van der Waals surface area contributed by atoms with Crippen molar-refractivity contribution in [3.8, 4) is 0 Å². The van der Waals surface area contributed by atoms with Crippen LogP contribution in [0.3, 0.4) is 0 Å². The molecule has 0 amide bonds. The maximum absolute atomic E-state index is 4.27. The fraction of sp³-hybridized carbons (Fsp3) is 0.308. The van der Waals surface area contributed by atoms with Crippen molar-refractivity contribution in [2.75, 3.05) is 6.54 Å². The van der Waals surface area contributed by atoms with Crippen LogP contribution in [0.1, 0.15) is 17.0 Å². The van der Waals surface area contributed by atoms with Crippen molar-refractivity contribution in [3.05, 3.63) is 53.6 Å². The number of aromatic amines is 1. The number of nitrogens with zero attached hydrogens (tertiary/aromatic N) is 2. The van der Waals surface area contributed by atoms with Crippen LogP contribution in [0.25, 0.3) is 0 Å². The lowest BCUT2D eigenvalue weighted by Gasteiger charge is -2.27. The summed E-state index contributed by atoms with van der Waals surface area (Å²) < 4.78 is 0. The van der Waals surface area contributed by atoms with Crippen LogP contribution >= 0.6 is 0 Å². The summed E-state index contributed by atoms with van der Waals surface area (Å²) >= 11 is 0. The predicted octanol–water partition coefficient (Wildman–Crippen LogP) is 1.97. The van der Waals surface area contributed by atoms with Crippen LogP contribution in [0, 0.1) is 0 Å². The Labute approximate surface area is 95.1 Å². The zero-order valence-corrected chi connectivity index (χ0v) is 9.19. The molecule has 1 aromatic carbocycles. The third-order valence-corrected chi connectivity index (χ3v) is 3.14. The minimum absolute atomic E-state index is 0.918. The molecule has 0 unspecified atom stereocenters. The van der Waals surface area contributed by atoms with E-state index in [0.29, 0.717) is 0 Å². The van der Waals surface area contributed by atoms with Gasteiger partial charge in [0, 0.05) is 25.5 Å². The summed E-state index contributed by atoms with van der Waals surface area (Å²) in [4.78, 5) is 9.86. The number of fused-ring (bicyclic) bond motifs is 1. The molecule has 3 heteroatoms. The third kappa shape index (κ3) is 1.86. The Kier molecular flexibility index (Phi) is 2.46. The highest BCUT2D eigenvalue weighted by atomic mass is 15.1. The van der Waals surface area contributed by atoms with Crippen molar-refractivity contribution in [3.63, 3.8) is 0 Å². The molecule has 0 bridgehead atoms. The first-order valence-corrected chi connectivity index (χ1v) is 5.69. The standard InChI is InChI=1S/C13H15N3/c1-2-4-12-9-16(8-5-11(12)3-1)10-13-14-6-7-15-13/h1-4,6-7H,5,8-10H2,(H,14,15). The van der Waals surface area contributed by atoms with E-state index >= 15 is 0 Å². The van der Waals surface area contributed by atoms with Crippen molar-refractivity contribution in [1.82, 2.24) is 14.9 Å². The van der Waals surface area contributed by atoms with Gasteiger partial charge in [-0.05, 0) is 17.5 Å². The van der Waals surface area contributed by atoms with E-state index in [2.05, 4.69) is 39.1 Å². The van der Waals surface area contributed by atoms with E-state index in [1.165, 1.54) is 11.1 Å². The average molecular weight is 213 g/mol. The number of H-pyrrole nitrogens is 1.